The molecule has 0 aliphatic carbocycles. The molecule has 5 saturated heterocycles. The predicted molar refractivity (Wildman–Crippen MR) is 221 cm³/mol. The van der Waals surface area contributed by atoms with E-state index >= 15 is 0 Å². The standard InChI is InChI=1S/C45H48ClN7O6/c1-27-39(12-4-30(25-47)41(27)46)59-35-22-33-7-8-34(23-35)52(33)43(56)29-2-5-31(6-3-29)51-20-18-49(19-21-51)26-28-14-16-50(17-15-28)32-9-10-36-37(24-32)45(58)53(44(36)57)38-11-13-40(54)48-42(38)55/h2-6,9-10,12,24,28,33-35,38H,7-8,11,13-23,26H2,1H3,(H,48,54,55)/t33-,34+,35+,38?. The highest BCUT2D eigenvalue weighted by Gasteiger charge is 2.46. The van der Waals surface area contributed by atoms with Gasteiger partial charge in [-0.15, -0.1) is 0 Å². The first-order valence-corrected chi connectivity index (χ1v) is 21.3. The summed E-state index contributed by atoms with van der Waals surface area (Å²) >= 11 is 6.39. The van der Waals surface area contributed by atoms with Gasteiger partial charge in [-0.25, -0.2) is 0 Å². The van der Waals surface area contributed by atoms with Crippen LogP contribution in [0.25, 0.3) is 0 Å². The Hall–Kier alpha value is -5.45. The molecule has 59 heavy (non-hydrogen) atoms. The summed E-state index contributed by atoms with van der Waals surface area (Å²) in [4.78, 5) is 74.7. The number of benzene rings is 3. The van der Waals surface area contributed by atoms with Crippen molar-refractivity contribution < 1.29 is 28.7 Å². The fourth-order valence-electron chi connectivity index (χ4n) is 10.2. The number of carbonyl (C=O) groups excluding carboxylic acids is 5. The average molecular weight is 818 g/mol. The molecule has 0 saturated carbocycles. The fourth-order valence-corrected chi connectivity index (χ4v) is 10.4. The minimum absolute atomic E-state index is 0.00590. The van der Waals surface area contributed by atoms with Gasteiger partial charge in [0.2, 0.25) is 11.8 Å². The molecule has 9 rings (SSSR count). The number of amides is 5. The third-order valence-electron chi connectivity index (χ3n) is 13.4. The first-order chi connectivity index (χ1) is 28.6. The van der Waals surface area contributed by atoms with Gasteiger partial charge in [-0.05, 0) is 99.5 Å². The number of imide groups is 2. The lowest BCUT2D eigenvalue weighted by molar-refractivity contribution is -0.136. The van der Waals surface area contributed by atoms with Crippen molar-refractivity contribution in [1.29, 1.82) is 5.26 Å². The summed E-state index contributed by atoms with van der Waals surface area (Å²) in [5.41, 5.74) is 4.59. The molecule has 6 aliphatic heterocycles. The second-order valence-electron chi connectivity index (χ2n) is 16.9. The van der Waals surface area contributed by atoms with Gasteiger partial charge in [0.1, 0.15) is 24.0 Å². The van der Waals surface area contributed by atoms with Crippen molar-refractivity contribution in [3.63, 3.8) is 0 Å². The van der Waals surface area contributed by atoms with Gasteiger partial charge in [-0.2, -0.15) is 5.26 Å². The molecule has 14 heteroatoms. The van der Waals surface area contributed by atoms with E-state index in [0.717, 1.165) is 112 Å². The lowest BCUT2D eigenvalue weighted by Gasteiger charge is -2.40. The zero-order valence-corrected chi connectivity index (χ0v) is 34.0. The molecule has 13 nitrogen and oxygen atoms in total. The number of ether oxygens (including phenoxy) is 1. The topological polar surface area (TPSA) is 147 Å². The van der Waals surface area contributed by atoms with Crippen LogP contribution in [0.5, 0.6) is 5.75 Å². The molecule has 4 atom stereocenters. The number of nitrogens with zero attached hydrogens (tertiary/aromatic N) is 6. The summed E-state index contributed by atoms with van der Waals surface area (Å²) < 4.78 is 6.40. The van der Waals surface area contributed by atoms with Crippen molar-refractivity contribution in [1.82, 2.24) is 20.0 Å². The summed E-state index contributed by atoms with van der Waals surface area (Å²) in [6.07, 6.45) is 5.77. The Morgan fingerprint density at radius 2 is 1.47 bits per heavy atom. The number of rotatable bonds is 8. The van der Waals surface area contributed by atoms with E-state index in [2.05, 4.69) is 43.1 Å². The van der Waals surface area contributed by atoms with E-state index in [9.17, 15) is 29.2 Å². The SMILES string of the molecule is Cc1c(O[C@H]2C[C@H]3CC[C@@H](C2)N3C(=O)c2ccc(N3CCN(CC4CCN(c5ccc6c(c5)C(=O)N(C5CCC(=O)NC5=O)C6=O)CC4)CC3)cc2)ccc(C#N)c1Cl. The third kappa shape index (κ3) is 7.42. The highest BCUT2D eigenvalue weighted by molar-refractivity contribution is 6.32. The van der Waals surface area contributed by atoms with Gasteiger partial charge in [0.05, 0.1) is 21.7 Å². The molecule has 2 bridgehead atoms. The van der Waals surface area contributed by atoms with Crippen LogP contribution in [0.2, 0.25) is 5.02 Å². The second-order valence-corrected chi connectivity index (χ2v) is 17.3. The van der Waals surface area contributed by atoms with Crippen LogP contribution in [-0.4, -0.2) is 114 Å². The summed E-state index contributed by atoms with van der Waals surface area (Å²) in [6.45, 7) is 8.42. The molecule has 3 aromatic carbocycles. The van der Waals surface area contributed by atoms with Crippen molar-refractivity contribution in [2.75, 3.05) is 55.6 Å². The molecule has 0 spiro atoms. The minimum Gasteiger partial charge on any atom is -0.490 e. The van der Waals surface area contributed by atoms with E-state index in [1.54, 1.807) is 18.2 Å². The minimum atomic E-state index is -0.969. The number of carbonyl (C=O) groups is 5. The molecule has 0 radical (unpaired) electrons. The van der Waals surface area contributed by atoms with Crippen molar-refractivity contribution in [2.24, 2.45) is 5.92 Å². The molecular formula is C45H48ClN7O6. The van der Waals surface area contributed by atoms with E-state index in [-0.39, 0.29) is 42.8 Å². The third-order valence-corrected chi connectivity index (χ3v) is 13.9. The quantitative estimate of drug-likeness (QED) is 0.302. The summed E-state index contributed by atoms with van der Waals surface area (Å²) in [5.74, 6) is -0.599. The number of hydrogen-bond donors (Lipinski definition) is 1. The van der Waals surface area contributed by atoms with Crippen molar-refractivity contribution in [3.8, 4) is 11.8 Å². The number of hydrogen-bond acceptors (Lipinski definition) is 10. The number of piperidine rings is 3. The van der Waals surface area contributed by atoms with Crippen molar-refractivity contribution in [2.45, 2.75) is 82.5 Å². The number of nitrogens with one attached hydrogen (secondary N) is 1. The maximum Gasteiger partial charge on any atom is 0.262 e. The van der Waals surface area contributed by atoms with Crippen molar-refractivity contribution >= 4 is 52.5 Å². The molecule has 306 valence electrons. The van der Waals surface area contributed by atoms with Crippen molar-refractivity contribution in [3.05, 3.63) is 87.4 Å². The number of nitriles is 1. The first-order valence-electron chi connectivity index (χ1n) is 20.9. The van der Waals surface area contributed by atoms with E-state index in [4.69, 9.17) is 16.3 Å². The molecule has 1 unspecified atom stereocenters. The normalized spacial score (nSPS) is 25.0. The number of piperazine rings is 1. The lowest BCUT2D eigenvalue weighted by Crippen LogP contribution is -2.54. The van der Waals surface area contributed by atoms with E-state index in [1.165, 1.54) is 0 Å². The lowest BCUT2D eigenvalue weighted by atomic mass is 9.95. The Bertz CT molecular complexity index is 2230. The zero-order chi connectivity index (χ0) is 40.9. The Morgan fingerprint density at radius 3 is 2.15 bits per heavy atom. The number of halogens is 1. The van der Waals surface area contributed by atoms with Crippen LogP contribution in [0, 0.1) is 24.2 Å². The highest BCUT2D eigenvalue weighted by Crippen LogP contribution is 2.40. The average Bonchev–Trinajstić information content (AvgIpc) is 3.66. The summed E-state index contributed by atoms with van der Waals surface area (Å²) in [5, 5.41) is 12.0. The van der Waals surface area contributed by atoms with Crippen LogP contribution >= 0.6 is 11.6 Å². The zero-order valence-electron chi connectivity index (χ0n) is 33.2. The molecule has 6 heterocycles. The first kappa shape index (κ1) is 39.0. The number of fused-ring (bicyclic) bond motifs is 3. The monoisotopic (exact) mass is 817 g/mol. The highest BCUT2D eigenvalue weighted by atomic mass is 35.5. The second kappa shape index (κ2) is 16.0. The van der Waals surface area contributed by atoms with Gasteiger partial charge in [0.25, 0.3) is 17.7 Å². The maximum atomic E-state index is 13.8. The van der Waals surface area contributed by atoms with E-state index in [0.29, 0.717) is 33.4 Å². The van der Waals surface area contributed by atoms with Gasteiger partial charge in [0, 0.05) is 99.7 Å². The van der Waals surface area contributed by atoms with Crippen LogP contribution in [0.15, 0.2) is 54.6 Å². The van der Waals surface area contributed by atoms with Gasteiger partial charge in [-0.1, -0.05) is 11.6 Å². The van der Waals surface area contributed by atoms with E-state index in [1.807, 2.05) is 31.2 Å². The van der Waals surface area contributed by atoms with Crippen LogP contribution in [0.4, 0.5) is 11.4 Å². The Labute approximate surface area is 348 Å². The van der Waals surface area contributed by atoms with Crippen LogP contribution in [-0.2, 0) is 9.59 Å². The van der Waals surface area contributed by atoms with Gasteiger partial charge < -0.3 is 19.4 Å². The maximum absolute atomic E-state index is 13.8. The smallest absolute Gasteiger partial charge is 0.262 e. The molecule has 1 N–H and O–H groups in total. The molecule has 6 aliphatic rings. The van der Waals surface area contributed by atoms with Crippen LogP contribution in [0.1, 0.15) is 93.6 Å². The predicted octanol–water partition coefficient (Wildman–Crippen LogP) is 5.17. The summed E-state index contributed by atoms with van der Waals surface area (Å²) in [6, 6.07) is 18.4. The Morgan fingerprint density at radius 1 is 0.814 bits per heavy atom. The molecule has 3 aromatic rings. The Balaban J connectivity index is 0.732. The molecule has 0 aromatic heterocycles. The van der Waals surface area contributed by atoms with Crippen LogP contribution in [0.3, 0.4) is 0 Å². The fraction of sp³-hybridized carbons (Fsp3) is 0.467. The summed E-state index contributed by atoms with van der Waals surface area (Å²) in [7, 11) is 0. The van der Waals surface area contributed by atoms with Gasteiger partial charge in [-0.3, -0.25) is 39.1 Å². The largest absolute Gasteiger partial charge is 0.490 e. The van der Waals surface area contributed by atoms with Crippen LogP contribution < -0.4 is 19.9 Å². The molecular weight excluding hydrogens is 770 g/mol. The van der Waals surface area contributed by atoms with E-state index < -0.39 is 23.8 Å². The van der Waals surface area contributed by atoms with Gasteiger partial charge >= 0.3 is 0 Å². The molecule has 5 amide bonds. The Kier molecular flexibility index (Phi) is 10.6. The number of anilines is 2. The van der Waals surface area contributed by atoms with Gasteiger partial charge in [0.15, 0.2) is 0 Å². The molecule has 5 fully saturated rings.